The lowest BCUT2D eigenvalue weighted by molar-refractivity contribution is 0.00578. The molecule has 96 valence electrons. The maximum atomic E-state index is 5.93. The topological polar surface area (TPSA) is 18.5 Å². The van der Waals surface area contributed by atoms with Gasteiger partial charge in [-0.1, -0.05) is 42.5 Å². The van der Waals surface area contributed by atoms with E-state index in [1.54, 1.807) is 0 Å². The standard InChI is InChI=1S/C15H21BO2/c1-14(2)15(3,4)18-16(17-14)12-8-11-13-9-6-5-7-10-13/h5-11H,12H2,1-4H3/b11-8+. The first-order chi connectivity index (χ1) is 8.41. The fourth-order valence-corrected chi connectivity index (χ4v) is 1.94. The third kappa shape index (κ3) is 2.85. The van der Waals surface area contributed by atoms with Crippen LogP contribution in [0.15, 0.2) is 36.4 Å². The van der Waals surface area contributed by atoms with Crippen LogP contribution < -0.4 is 0 Å². The molecule has 1 fully saturated rings. The minimum atomic E-state index is -0.238. The van der Waals surface area contributed by atoms with E-state index in [9.17, 15) is 0 Å². The molecule has 0 spiro atoms. The molecule has 0 aliphatic carbocycles. The van der Waals surface area contributed by atoms with Crippen LogP contribution in [0.1, 0.15) is 33.3 Å². The van der Waals surface area contributed by atoms with Gasteiger partial charge in [-0.2, -0.15) is 0 Å². The quantitative estimate of drug-likeness (QED) is 0.753. The van der Waals surface area contributed by atoms with Crippen LogP contribution in [0.4, 0.5) is 0 Å². The molecule has 0 radical (unpaired) electrons. The zero-order valence-electron chi connectivity index (χ0n) is 11.6. The second kappa shape index (κ2) is 4.91. The number of hydrogen-bond donors (Lipinski definition) is 0. The molecule has 18 heavy (non-hydrogen) atoms. The Bertz CT molecular complexity index is 407. The van der Waals surface area contributed by atoms with Crippen molar-refractivity contribution >= 4 is 13.2 Å². The third-order valence-corrected chi connectivity index (χ3v) is 3.74. The zero-order chi connectivity index (χ0) is 13.2. The molecule has 3 heteroatoms. The van der Waals surface area contributed by atoms with Crippen LogP contribution in [-0.4, -0.2) is 18.3 Å². The number of hydrogen-bond acceptors (Lipinski definition) is 2. The number of rotatable bonds is 3. The highest BCUT2D eigenvalue weighted by Crippen LogP contribution is 2.37. The van der Waals surface area contributed by atoms with Crippen LogP contribution in [0.3, 0.4) is 0 Å². The van der Waals surface area contributed by atoms with E-state index in [1.807, 2.05) is 18.2 Å². The van der Waals surface area contributed by atoms with Crippen LogP contribution in [0.2, 0.25) is 6.32 Å². The van der Waals surface area contributed by atoms with Gasteiger partial charge < -0.3 is 9.31 Å². The van der Waals surface area contributed by atoms with Gasteiger partial charge >= 0.3 is 7.12 Å². The van der Waals surface area contributed by atoms with Crippen molar-refractivity contribution in [3.05, 3.63) is 42.0 Å². The van der Waals surface area contributed by atoms with Crippen LogP contribution >= 0.6 is 0 Å². The Morgan fingerprint density at radius 1 is 1.00 bits per heavy atom. The van der Waals surface area contributed by atoms with Gasteiger partial charge in [0.2, 0.25) is 0 Å². The van der Waals surface area contributed by atoms with E-state index in [0.29, 0.717) is 0 Å². The van der Waals surface area contributed by atoms with Crippen molar-refractivity contribution in [3.63, 3.8) is 0 Å². The van der Waals surface area contributed by atoms with Crippen molar-refractivity contribution in [3.8, 4) is 0 Å². The summed E-state index contributed by atoms with van der Waals surface area (Å²) >= 11 is 0. The summed E-state index contributed by atoms with van der Waals surface area (Å²) in [4.78, 5) is 0. The molecule has 0 atom stereocenters. The fourth-order valence-electron chi connectivity index (χ4n) is 1.94. The first-order valence-electron chi connectivity index (χ1n) is 6.48. The van der Waals surface area contributed by atoms with E-state index in [4.69, 9.17) is 9.31 Å². The van der Waals surface area contributed by atoms with Crippen molar-refractivity contribution in [2.45, 2.75) is 45.2 Å². The molecule has 0 unspecified atom stereocenters. The first-order valence-corrected chi connectivity index (χ1v) is 6.48. The van der Waals surface area contributed by atoms with Gasteiger partial charge in [0.25, 0.3) is 0 Å². The Balaban J connectivity index is 1.92. The highest BCUT2D eigenvalue weighted by molar-refractivity contribution is 6.46. The average molecular weight is 244 g/mol. The van der Waals surface area contributed by atoms with Gasteiger partial charge in [0.05, 0.1) is 11.2 Å². The number of benzene rings is 1. The Hall–Kier alpha value is -1.06. The third-order valence-electron chi connectivity index (χ3n) is 3.74. The Morgan fingerprint density at radius 2 is 1.56 bits per heavy atom. The zero-order valence-corrected chi connectivity index (χ0v) is 11.6. The summed E-state index contributed by atoms with van der Waals surface area (Å²) in [5.41, 5.74) is 0.727. The summed E-state index contributed by atoms with van der Waals surface area (Å²) in [6.07, 6.45) is 4.99. The second-order valence-electron chi connectivity index (χ2n) is 5.73. The molecule has 1 saturated heterocycles. The summed E-state index contributed by atoms with van der Waals surface area (Å²) in [5.74, 6) is 0. The van der Waals surface area contributed by atoms with Crippen molar-refractivity contribution in [2.75, 3.05) is 0 Å². The SMILES string of the molecule is CC1(C)OB(C/C=C/c2ccccc2)OC1(C)C. The molecule has 1 aromatic rings. The molecule has 1 aliphatic rings. The van der Waals surface area contributed by atoms with E-state index >= 15 is 0 Å². The lowest BCUT2D eigenvalue weighted by Crippen LogP contribution is -2.41. The molecule has 1 aromatic carbocycles. The molecule has 2 rings (SSSR count). The molecule has 0 aromatic heterocycles. The van der Waals surface area contributed by atoms with E-state index < -0.39 is 0 Å². The van der Waals surface area contributed by atoms with Gasteiger partial charge in [-0.15, -0.1) is 0 Å². The Labute approximate surface area is 110 Å². The Kier molecular flexibility index (Phi) is 3.65. The van der Waals surface area contributed by atoms with E-state index in [0.717, 1.165) is 6.32 Å². The molecular weight excluding hydrogens is 223 g/mol. The van der Waals surface area contributed by atoms with Gasteiger partial charge in [0, 0.05) is 6.32 Å². The largest absolute Gasteiger partial charge is 0.461 e. The smallest absolute Gasteiger partial charge is 0.403 e. The van der Waals surface area contributed by atoms with E-state index in [2.05, 4.69) is 52.0 Å². The van der Waals surface area contributed by atoms with Crippen molar-refractivity contribution in [1.82, 2.24) is 0 Å². The van der Waals surface area contributed by atoms with Crippen LogP contribution in [0.5, 0.6) is 0 Å². The minimum Gasteiger partial charge on any atom is -0.403 e. The van der Waals surface area contributed by atoms with Gasteiger partial charge in [-0.25, -0.2) is 0 Å². The monoisotopic (exact) mass is 244 g/mol. The molecule has 1 aliphatic heterocycles. The van der Waals surface area contributed by atoms with Gasteiger partial charge in [0.15, 0.2) is 0 Å². The maximum absolute atomic E-state index is 5.93. The summed E-state index contributed by atoms with van der Waals surface area (Å²) < 4.78 is 11.9. The average Bonchev–Trinajstić information content (AvgIpc) is 2.49. The minimum absolute atomic E-state index is 0.144. The summed E-state index contributed by atoms with van der Waals surface area (Å²) in [5, 5.41) is 0. The maximum Gasteiger partial charge on any atom is 0.461 e. The van der Waals surface area contributed by atoms with Gasteiger partial charge in [-0.05, 0) is 33.3 Å². The highest BCUT2D eigenvalue weighted by atomic mass is 16.7. The van der Waals surface area contributed by atoms with E-state index in [1.165, 1.54) is 5.56 Å². The van der Waals surface area contributed by atoms with Crippen molar-refractivity contribution < 1.29 is 9.31 Å². The summed E-state index contributed by atoms with van der Waals surface area (Å²) in [7, 11) is -0.144. The molecular formula is C15H21BO2. The van der Waals surface area contributed by atoms with Crippen LogP contribution in [0, 0.1) is 0 Å². The Morgan fingerprint density at radius 3 is 2.11 bits per heavy atom. The summed E-state index contributed by atoms with van der Waals surface area (Å²) in [6, 6.07) is 10.3. The van der Waals surface area contributed by atoms with Crippen LogP contribution in [0.25, 0.3) is 6.08 Å². The molecule has 0 N–H and O–H groups in total. The fraction of sp³-hybridized carbons (Fsp3) is 0.467. The molecule has 1 heterocycles. The molecule has 0 amide bonds. The lowest BCUT2D eigenvalue weighted by atomic mass is 9.84. The predicted molar refractivity (Wildman–Crippen MR) is 76.4 cm³/mol. The highest BCUT2D eigenvalue weighted by Gasteiger charge is 2.50. The van der Waals surface area contributed by atoms with Crippen LogP contribution in [-0.2, 0) is 9.31 Å². The molecule has 2 nitrogen and oxygen atoms in total. The molecule has 0 saturated carbocycles. The summed E-state index contributed by atoms with van der Waals surface area (Å²) in [6.45, 7) is 8.31. The van der Waals surface area contributed by atoms with Gasteiger partial charge in [-0.3, -0.25) is 0 Å². The van der Waals surface area contributed by atoms with Crippen molar-refractivity contribution in [1.29, 1.82) is 0 Å². The van der Waals surface area contributed by atoms with Gasteiger partial charge in [0.1, 0.15) is 0 Å². The number of allylic oxidation sites excluding steroid dienone is 1. The lowest BCUT2D eigenvalue weighted by Gasteiger charge is -2.32. The second-order valence-corrected chi connectivity index (χ2v) is 5.73. The van der Waals surface area contributed by atoms with Crippen molar-refractivity contribution in [2.24, 2.45) is 0 Å². The first kappa shape index (κ1) is 13.4. The van der Waals surface area contributed by atoms with E-state index in [-0.39, 0.29) is 18.3 Å². The predicted octanol–water partition coefficient (Wildman–Crippen LogP) is 3.79. The molecule has 0 bridgehead atoms. The normalized spacial score (nSPS) is 21.7.